The van der Waals surface area contributed by atoms with E-state index in [1.807, 2.05) is 26.0 Å². The minimum atomic E-state index is -0.702. The van der Waals surface area contributed by atoms with Gasteiger partial charge in [0.25, 0.3) is 0 Å². The summed E-state index contributed by atoms with van der Waals surface area (Å²) >= 11 is 0. The molecule has 0 radical (unpaired) electrons. The molecule has 0 aromatic heterocycles. The number of benzene rings is 1. The lowest BCUT2D eigenvalue weighted by Gasteiger charge is -2.14. The zero-order chi connectivity index (χ0) is 11.4. The molecule has 15 heavy (non-hydrogen) atoms. The summed E-state index contributed by atoms with van der Waals surface area (Å²) in [6.07, 6.45) is -0.702. The van der Waals surface area contributed by atoms with Gasteiger partial charge in [0, 0.05) is 0 Å². The summed E-state index contributed by atoms with van der Waals surface area (Å²) in [6, 6.07) is 3.64. The third-order valence-electron chi connectivity index (χ3n) is 2.62. The Morgan fingerprint density at radius 3 is 2.60 bits per heavy atom. The highest BCUT2D eigenvalue weighted by atomic mass is 16.5. The Hall–Kier alpha value is -1.53. The van der Waals surface area contributed by atoms with Crippen LogP contribution < -0.4 is 4.74 Å². The first kappa shape index (κ1) is 11.5. The zero-order valence-electron chi connectivity index (χ0n) is 9.24. The molecule has 0 aliphatic rings. The molecule has 1 aromatic carbocycles. The van der Waals surface area contributed by atoms with E-state index in [9.17, 15) is 5.11 Å². The quantitative estimate of drug-likeness (QED) is 0.768. The number of aliphatic hydroxyl groups excluding tert-OH is 1. The molecule has 80 valence electrons. The van der Waals surface area contributed by atoms with Crippen LogP contribution in [0, 0.1) is 20.4 Å². The first-order chi connectivity index (χ1) is 7.11. The van der Waals surface area contributed by atoms with E-state index in [0.717, 1.165) is 22.4 Å². The van der Waals surface area contributed by atoms with Gasteiger partial charge in [-0.3, -0.25) is 0 Å². The standard InChI is InChI=1S/C12H15NO2/c1-8-9(2)12(15-4)6-5-10(8)11(14)7-13-3/h5-6,11,14H,7H2,1-2,4H3. The molecule has 1 rings (SSSR count). The number of methoxy groups -OCH3 is 1. The molecule has 0 bridgehead atoms. The van der Waals surface area contributed by atoms with Crippen molar-refractivity contribution >= 4 is 0 Å². The molecule has 0 aliphatic heterocycles. The smallest absolute Gasteiger partial charge is 0.244 e. The van der Waals surface area contributed by atoms with E-state index in [4.69, 9.17) is 11.3 Å². The van der Waals surface area contributed by atoms with Gasteiger partial charge in [-0.15, -0.1) is 0 Å². The Labute approximate surface area is 90.1 Å². The van der Waals surface area contributed by atoms with Gasteiger partial charge in [0.05, 0.1) is 7.11 Å². The third-order valence-corrected chi connectivity index (χ3v) is 2.62. The van der Waals surface area contributed by atoms with Crippen molar-refractivity contribution in [1.82, 2.24) is 0 Å². The van der Waals surface area contributed by atoms with Crippen LogP contribution in [0.15, 0.2) is 12.1 Å². The maximum absolute atomic E-state index is 9.73. The lowest BCUT2D eigenvalue weighted by molar-refractivity contribution is 0.194. The van der Waals surface area contributed by atoms with E-state index in [2.05, 4.69) is 4.85 Å². The summed E-state index contributed by atoms with van der Waals surface area (Å²) in [5, 5.41) is 9.73. The second kappa shape index (κ2) is 4.81. The first-order valence-electron chi connectivity index (χ1n) is 4.77. The van der Waals surface area contributed by atoms with Gasteiger partial charge in [-0.1, -0.05) is 6.07 Å². The van der Waals surface area contributed by atoms with Crippen LogP contribution in [0.25, 0.3) is 4.85 Å². The number of rotatable bonds is 3. The molecule has 0 fully saturated rings. The van der Waals surface area contributed by atoms with Gasteiger partial charge in [0.15, 0.2) is 6.10 Å². The summed E-state index contributed by atoms with van der Waals surface area (Å²) in [7, 11) is 1.62. The highest BCUT2D eigenvalue weighted by Crippen LogP contribution is 2.27. The van der Waals surface area contributed by atoms with Crippen molar-refractivity contribution in [3.63, 3.8) is 0 Å². The van der Waals surface area contributed by atoms with Crippen molar-refractivity contribution in [2.75, 3.05) is 13.7 Å². The number of aliphatic hydroxyl groups is 1. The van der Waals surface area contributed by atoms with Gasteiger partial charge >= 0.3 is 0 Å². The molecule has 1 unspecified atom stereocenters. The molecule has 1 N–H and O–H groups in total. The molecule has 3 nitrogen and oxygen atoms in total. The van der Waals surface area contributed by atoms with E-state index in [1.165, 1.54) is 0 Å². The summed E-state index contributed by atoms with van der Waals surface area (Å²) in [4.78, 5) is 3.19. The fourth-order valence-corrected chi connectivity index (χ4v) is 1.58. The molecule has 1 atom stereocenters. The maximum Gasteiger partial charge on any atom is 0.244 e. The van der Waals surface area contributed by atoms with Crippen molar-refractivity contribution in [3.8, 4) is 5.75 Å². The van der Waals surface area contributed by atoms with Crippen LogP contribution in [0.1, 0.15) is 22.8 Å². The maximum atomic E-state index is 9.73. The normalized spacial score (nSPS) is 11.9. The first-order valence-corrected chi connectivity index (χ1v) is 4.77. The highest BCUT2D eigenvalue weighted by Gasteiger charge is 2.15. The third kappa shape index (κ3) is 2.28. The number of ether oxygens (including phenoxy) is 1. The van der Waals surface area contributed by atoms with Crippen LogP contribution in [-0.2, 0) is 0 Å². The van der Waals surface area contributed by atoms with Crippen LogP contribution >= 0.6 is 0 Å². The van der Waals surface area contributed by atoms with Gasteiger partial charge in [-0.25, -0.2) is 6.57 Å². The van der Waals surface area contributed by atoms with Gasteiger partial charge < -0.3 is 14.7 Å². The lowest BCUT2D eigenvalue weighted by atomic mass is 9.98. The molecular weight excluding hydrogens is 190 g/mol. The monoisotopic (exact) mass is 205 g/mol. The fourth-order valence-electron chi connectivity index (χ4n) is 1.58. The van der Waals surface area contributed by atoms with E-state index in [0.29, 0.717) is 0 Å². The van der Waals surface area contributed by atoms with Crippen LogP contribution in [0.3, 0.4) is 0 Å². The van der Waals surface area contributed by atoms with Crippen LogP contribution in [0.4, 0.5) is 0 Å². The average molecular weight is 205 g/mol. The summed E-state index contributed by atoms with van der Waals surface area (Å²) in [6.45, 7) is 10.7. The summed E-state index contributed by atoms with van der Waals surface area (Å²) in [5.41, 5.74) is 2.81. The molecule has 0 saturated carbocycles. The van der Waals surface area contributed by atoms with Crippen molar-refractivity contribution in [3.05, 3.63) is 40.2 Å². The Bertz CT molecular complexity index is 393. The topological polar surface area (TPSA) is 33.8 Å². The second-order valence-corrected chi connectivity index (χ2v) is 3.46. The Kier molecular flexibility index (Phi) is 3.70. The SMILES string of the molecule is [C-]#[N+]CC(O)c1ccc(OC)c(C)c1C. The predicted molar refractivity (Wildman–Crippen MR) is 58.9 cm³/mol. The summed E-state index contributed by atoms with van der Waals surface area (Å²) in [5.74, 6) is 0.811. The van der Waals surface area contributed by atoms with Crippen LogP contribution in [0.2, 0.25) is 0 Å². The fraction of sp³-hybridized carbons (Fsp3) is 0.417. The highest BCUT2D eigenvalue weighted by molar-refractivity contribution is 5.44. The molecule has 0 amide bonds. The molecule has 0 aliphatic carbocycles. The van der Waals surface area contributed by atoms with E-state index < -0.39 is 6.10 Å². The Balaban J connectivity index is 3.12. The predicted octanol–water partition coefficient (Wildman–Crippen LogP) is 2.26. The van der Waals surface area contributed by atoms with Crippen molar-refractivity contribution in [1.29, 1.82) is 0 Å². The molecular formula is C12H15NO2. The average Bonchev–Trinajstić information content (AvgIpc) is 2.22. The van der Waals surface area contributed by atoms with E-state index in [-0.39, 0.29) is 6.54 Å². The molecule has 0 spiro atoms. The molecule has 1 aromatic rings. The van der Waals surface area contributed by atoms with Gasteiger partial charge in [-0.2, -0.15) is 0 Å². The van der Waals surface area contributed by atoms with Crippen LogP contribution in [0.5, 0.6) is 5.75 Å². The van der Waals surface area contributed by atoms with Gasteiger partial charge in [0.1, 0.15) is 5.75 Å². The number of hydrogen-bond donors (Lipinski definition) is 1. The van der Waals surface area contributed by atoms with Gasteiger partial charge in [-0.05, 0) is 36.6 Å². The molecule has 3 heteroatoms. The van der Waals surface area contributed by atoms with Crippen LogP contribution in [-0.4, -0.2) is 18.8 Å². The summed E-state index contributed by atoms with van der Waals surface area (Å²) < 4.78 is 5.18. The van der Waals surface area contributed by atoms with Crippen molar-refractivity contribution in [2.45, 2.75) is 20.0 Å². The van der Waals surface area contributed by atoms with Gasteiger partial charge in [0.2, 0.25) is 6.54 Å². The minimum Gasteiger partial charge on any atom is -0.496 e. The largest absolute Gasteiger partial charge is 0.496 e. The number of hydrogen-bond acceptors (Lipinski definition) is 2. The van der Waals surface area contributed by atoms with E-state index >= 15 is 0 Å². The minimum absolute atomic E-state index is 0.104. The zero-order valence-corrected chi connectivity index (χ0v) is 9.24. The Morgan fingerprint density at radius 1 is 1.40 bits per heavy atom. The molecule has 0 heterocycles. The van der Waals surface area contributed by atoms with Crippen molar-refractivity contribution < 1.29 is 9.84 Å². The lowest BCUT2D eigenvalue weighted by Crippen LogP contribution is -2.04. The number of nitrogens with zero attached hydrogens (tertiary/aromatic N) is 1. The second-order valence-electron chi connectivity index (χ2n) is 3.46. The Morgan fingerprint density at radius 2 is 2.07 bits per heavy atom. The van der Waals surface area contributed by atoms with Crippen molar-refractivity contribution in [2.24, 2.45) is 0 Å². The molecule has 0 saturated heterocycles. The van der Waals surface area contributed by atoms with E-state index in [1.54, 1.807) is 7.11 Å².